The first-order chi connectivity index (χ1) is 9.52. The molecule has 0 aliphatic carbocycles. The average Bonchev–Trinajstić information content (AvgIpc) is 2.73. The average molecular weight is 337 g/mol. The fraction of sp³-hybridized carbons (Fsp3) is 0.700. The summed E-state index contributed by atoms with van der Waals surface area (Å²) in [5.41, 5.74) is -1.22. The monoisotopic (exact) mass is 337 g/mol. The molecule has 1 heterocycles. The molecule has 0 aromatic carbocycles. The summed E-state index contributed by atoms with van der Waals surface area (Å²) in [5, 5.41) is 19.6. The number of nitrogens with one attached hydrogen (secondary N) is 2. The molecule has 0 aliphatic rings. The van der Waals surface area contributed by atoms with Crippen molar-refractivity contribution in [1.82, 2.24) is 19.8 Å². The molecule has 0 saturated heterocycles. The van der Waals surface area contributed by atoms with Gasteiger partial charge in [-0.15, -0.1) is 10.2 Å². The fourth-order valence-corrected chi connectivity index (χ4v) is 3.72. The SMILES string of the molecule is CC(=O)Nc1nnc(S(=O)(=O)NCC(C)(O)CN(C)C)s1. The number of sulfonamides is 1. The zero-order valence-electron chi connectivity index (χ0n) is 12.2. The molecule has 1 atom stereocenters. The highest BCUT2D eigenvalue weighted by atomic mass is 32.2. The molecule has 1 amide bonds. The predicted molar refractivity (Wildman–Crippen MR) is 78.6 cm³/mol. The lowest BCUT2D eigenvalue weighted by Crippen LogP contribution is -2.47. The number of amides is 1. The zero-order chi connectivity index (χ0) is 16.3. The molecule has 9 nitrogen and oxygen atoms in total. The first-order valence-electron chi connectivity index (χ1n) is 6.00. The standard InChI is InChI=1S/C10H19N5O4S2/c1-7(16)12-8-13-14-9(20-8)21(18,19)11-5-10(2,17)6-15(3)4/h11,17H,5-6H2,1-4H3,(H,12,13,16). The van der Waals surface area contributed by atoms with Crippen LogP contribution in [-0.2, 0) is 14.8 Å². The van der Waals surface area contributed by atoms with Gasteiger partial charge in [0.25, 0.3) is 10.0 Å². The molecular formula is C10H19N5O4S2. The van der Waals surface area contributed by atoms with Crippen LogP contribution in [0.1, 0.15) is 13.8 Å². The molecule has 0 spiro atoms. The highest BCUT2D eigenvalue weighted by molar-refractivity contribution is 7.91. The van der Waals surface area contributed by atoms with E-state index in [0.717, 1.165) is 11.3 Å². The van der Waals surface area contributed by atoms with Gasteiger partial charge in [-0.05, 0) is 21.0 Å². The first-order valence-corrected chi connectivity index (χ1v) is 8.30. The van der Waals surface area contributed by atoms with Crippen LogP contribution in [0.2, 0.25) is 0 Å². The molecule has 0 radical (unpaired) electrons. The number of carbonyl (C=O) groups is 1. The number of rotatable bonds is 7. The molecule has 0 bridgehead atoms. The summed E-state index contributed by atoms with van der Waals surface area (Å²) in [6.07, 6.45) is 0. The van der Waals surface area contributed by atoms with E-state index in [-0.39, 0.29) is 21.9 Å². The van der Waals surface area contributed by atoms with Gasteiger partial charge in [0, 0.05) is 20.0 Å². The van der Waals surface area contributed by atoms with Crippen molar-refractivity contribution >= 4 is 32.4 Å². The van der Waals surface area contributed by atoms with Gasteiger partial charge in [-0.25, -0.2) is 13.1 Å². The van der Waals surface area contributed by atoms with Crippen molar-refractivity contribution in [2.75, 3.05) is 32.5 Å². The van der Waals surface area contributed by atoms with Gasteiger partial charge in [-0.1, -0.05) is 11.3 Å². The van der Waals surface area contributed by atoms with Crippen LogP contribution >= 0.6 is 11.3 Å². The molecule has 1 aromatic heterocycles. The predicted octanol–water partition coefficient (Wildman–Crippen LogP) is -0.913. The van der Waals surface area contributed by atoms with Gasteiger partial charge in [0.1, 0.15) is 0 Å². The molecule has 1 aromatic rings. The van der Waals surface area contributed by atoms with E-state index in [1.807, 2.05) is 0 Å². The Kier molecular flexibility index (Phi) is 5.75. The van der Waals surface area contributed by atoms with Crippen LogP contribution in [0.25, 0.3) is 0 Å². The summed E-state index contributed by atoms with van der Waals surface area (Å²) in [7, 11) is -0.337. The summed E-state index contributed by atoms with van der Waals surface area (Å²) in [6.45, 7) is 2.94. The lowest BCUT2D eigenvalue weighted by molar-refractivity contribution is -0.114. The molecule has 21 heavy (non-hydrogen) atoms. The molecular weight excluding hydrogens is 318 g/mol. The Hall–Kier alpha value is -1.14. The molecule has 1 rings (SSSR count). The van der Waals surface area contributed by atoms with Crippen LogP contribution < -0.4 is 10.0 Å². The smallest absolute Gasteiger partial charge is 0.269 e. The van der Waals surface area contributed by atoms with Gasteiger partial charge >= 0.3 is 0 Å². The van der Waals surface area contributed by atoms with E-state index in [4.69, 9.17) is 0 Å². The van der Waals surface area contributed by atoms with E-state index in [1.54, 1.807) is 19.0 Å². The number of hydrogen-bond donors (Lipinski definition) is 3. The summed E-state index contributed by atoms with van der Waals surface area (Å²) in [6, 6.07) is 0. The van der Waals surface area contributed by atoms with Crippen molar-refractivity contribution in [3.8, 4) is 0 Å². The van der Waals surface area contributed by atoms with Crippen molar-refractivity contribution < 1.29 is 18.3 Å². The highest BCUT2D eigenvalue weighted by Crippen LogP contribution is 2.19. The van der Waals surface area contributed by atoms with Crippen molar-refractivity contribution in [2.24, 2.45) is 0 Å². The Morgan fingerprint density at radius 2 is 2.05 bits per heavy atom. The number of aromatic nitrogens is 2. The quantitative estimate of drug-likeness (QED) is 0.550. The Morgan fingerprint density at radius 1 is 1.43 bits per heavy atom. The molecule has 0 saturated carbocycles. The van der Waals surface area contributed by atoms with Gasteiger partial charge in [0.2, 0.25) is 15.4 Å². The normalized spacial score (nSPS) is 15.0. The number of aliphatic hydroxyl groups is 1. The lowest BCUT2D eigenvalue weighted by atomic mass is 10.1. The van der Waals surface area contributed by atoms with Crippen LogP contribution in [0.15, 0.2) is 4.34 Å². The van der Waals surface area contributed by atoms with Gasteiger partial charge in [-0.2, -0.15) is 0 Å². The zero-order valence-corrected chi connectivity index (χ0v) is 13.9. The van der Waals surface area contributed by atoms with E-state index in [9.17, 15) is 18.3 Å². The van der Waals surface area contributed by atoms with Gasteiger partial charge in [0.05, 0.1) is 5.60 Å². The highest BCUT2D eigenvalue weighted by Gasteiger charge is 2.27. The van der Waals surface area contributed by atoms with Gasteiger partial charge in [0.15, 0.2) is 0 Å². The number of anilines is 1. The molecule has 3 N–H and O–H groups in total. The second-order valence-electron chi connectivity index (χ2n) is 5.11. The number of carbonyl (C=O) groups excluding carboxylic acids is 1. The minimum absolute atomic E-state index is 0.0999. The fourth-order valence-electron chi connectivity index (χ4n) is 1.57. The van der Waals surface area contributed by atoms with Crippen LogP contribution in [0.5, 0.6) is 0 Å². The van der Waals surface area contributed by atoms with Gasteiger partial charge in [-0.3, -0.25) is 4.79 Å². The van der Waals surface area contributed by atoms with E-state index < -0.39 is 15.6 Å². The second kappa shape index (κ2) is 6.75. The van der Waals surface area contributed by atoms with E-state index in [2.05, 4.69) is 20.2 Å². The van der Waals surface area contributed by atoms with Crippen molar-refractivity contribution in [1.29, 1.82) is 0 Å². The van der Waals surface area contributed by atoms with Crippen LogP contribution in [0, 0.1) is 0 Å². The van der Waals surface area contributed by atoms with E-state index in [0.29, 0.717) is 6.54 Å². The summed E-state index contributed by atoms with van der Waals surface area (Å²) < 4.78 is 26.1. The maximum atomic E-state index is 12.0. The van der Waals surface area contributed by atoms with Gasteiger partial charge < -0.3 is 15.3 Å². The summed E-state index contributed by atoms with van der Waals surface area (Å²) >= 11 is 0.736. The first kappa shape index (κ1) is 17.9. The minimum atomic E-state index is -3.88. The van der Waals surface area contributed by atoms with E-state index in [1.165, 1.54) is 13.8 Å². The van der Waals surface area contributed by atoms with Crippen molar-refractivity contribution in [2.45, 2.75) is 23.8 Å². The third kappa shape index (κ3) is 6.01. The topological polar surface area (TPSA) is 125 Å². The van der Waals surface area contributed by atoms with Crippen LogP contribution in [0.3, 0.4) is 0 Å². The maximum Gasteiger partial charge on any atom is 0.269 e. The second-order valence-corrected chi connectivity index (χ2v) is 8.03. The number of likely N-dealkylation sites (N-methyl/N-ethyl adjacent to an activating group) is 1. The molecule has 1 unspecified atom stereocenters. The Labute approximate surface area is 127 Å². The van der Waals surface area contributed by atoms with Crippen LogP contribution in [0.4, 0.5) is 5.13 Å². The lowest BCUT2D eigenvalue weighted by Gasteiger charge is -2.26. The molecule has 120 valence electrons. The number of hydrogen-bond acceptors (Lipinski definition) is 8. The van der Waals surface area contributed by atoms with Crippen molar-refractivity contribution in [3.63, 3.8) is 0 Å². The third-order valence-corrected chi connectivity index (χ3v) is 4.83. The molecule has 11 heteroatoms. The number of nitrogens with zero attached hydrogens (tertiary/aromatic N) is 3. The summed E-state index contributed by atoms with van der Waals surface area (Å²) in [4.78, 5) is 12.6. The van der Waals surface area contributed by atoms with Crippen molar-refractivity contribution in [3.05, 3.63) is 0 Å². The van der Waals surface area contributed by atoms with E-state index >= 15 is 0 Å². The summed E-state index contributed by atoms with van der Waals surface area (Å²) in [5.74, 6) is -0.364. The molecule has 0 aliphatic heterocycles. The minimum Gasteiger partial charge on any atom is -0.387 e. The molecule has 0 fully saturated rings. The Morgan fingerprint density at radius 3 is 2.57 bits per heavy atom. The Balaban J connectivity index is 2.73. The Bertz CT molecular complexity index is 596. The maximum absolute atomic E-state index is 12.0. The van der Waals surface area contributed by atoms with Crippen LogP contribution in [-0.4, -0.2) is 67.3 Å². The third-order valence-electron chi connectivity index (χ3n) is 2.22. The largest absolute Gasteiger partial charge is 0.387 e.